The van der Waals surface area contributed by atoms with Crippen LogP contribution in [0.1, 0.15) is 11.5 Å². The number of nitrogens with two attached hydrogens (primary N) is 1. The predicted octanol–water partition coefficient (Wildman–Crippen LogP) is 0.358. The van der Waals surface area contributed by atoms with Crippen LogP contribution in [0.2, 0.25) is 5.02 Å². The number of hydrazine groups is 1. The van der Waals surface area contributed by atoms with Gasteiger partial charge >= 0.3 is 5.97 Å². The Balaban J connectivity index is 2.30. The third-order valence-electron chi connectivity index (χ3n) is 2.84. The first-order chi connectivity index (χ1) is 8.13. The minimum atomic E-state index is -0.506. The van der Waals surface area contributed by atoms with Gasteiger partial charge in [0.05, 0.1) is 13.3 Å². The number of esters is 1. The lowest BCUT2D eigenvalue weighted by Gasteiger charge is -2.19. The van der Waals surface area contributed by atoms with Crippen molar-refractivity contribution in [2.75, 3.05) is 7.11 Å². The monoisotopic (exact) mass is 255 g/mol. The van der Waals surface area contributed by atoms with Crippen LogP contribution >= 0.6 is 11.6 Å². The molecule has 92 valence electrons. The van der Waals surface area contributed by atoms with Gasteiger partial charge in [-0.15, -0.1) is 0 Å². The van der Waals surface area contributed by atoms with E-state index in [1.807, 2.05) is 12.1 Å². The number of benzene rings is 1. The van der Waals surface area contributed by atoms with Crippen molar-refractivity contribution in [2.24, 2.45) is 5.73 Å². The number of nitrogens with one attached hydrogen (secondary N) is 2. The molecule has 1 aliphatic heterocycles. The van der Waals surface area contributed by atoms with Gasteiger partial charge in [-0.3, -0.25) is 4.79 Å². The molecule has 1 aliphatic rings. The van der Waals surface area contributed by atoms with E-state index in [0.29, 0.717) is 5.02 Å². The number of hydrogen-bond acceptors (Lipinski definition) is 5. The zero-order valence-electron chi connectivity index (χ0n) is 9.31. The zero-order chi connectivity index (χ0) is 12.4. The van der Waals surface area contributed by atoms with Crippen molar-refractivity contribution in [2.45, 2.75) is 18.1 Å². The second-order valence-electron chi connectivity index (χ2n) is 3.90. The molecule has 0 radical (unpaired) electrons. The van der Waals surface area contributed by atoms with Crippen LogP contribution in [0, 0.1) is 0 Å². The minimum Gasteiger partial charge on any atom is -0.468 e. The Bertz CT molecular complexity index is 427. The lowest BCUT2D eigenvalue weighted by atomic mass is 9.91. The lowest BCUT2D eigenvalue weighted by molar-refractivity contribution is -0.143. The molecule has 6 heteroatoms. The summed E-state index contributed by atoms with van der Waals surface area (Å²) in [6.45, 7) is 0. The van der Waals surface area contributed by atoms with Crippen molar-refractivity contribution in [1.82, 2.24) is 10.9 Å². The summed E-state index contributed by atoms with van der Waals surface area (Å²) in [5, 5.41) is 0.616. The Morgan fingerprint density at radius 3 is 2.88 bits per heavy atom. The first-order valence-corrected chi connectivity index (χ1v) is 5.61. The molecule has 1 aromatic rings. The first kappa shape index (κ1) is 12.3. The Kier molecular flexibility index (Phi) is 3.63. The van der Waals surface area contributed by atoms with E-state index >= 15 is 0 Å². The summed E-state index contributed by atoms with van der Waals surface area (Å²) in [5.74, 6) is -0.559. The second-order valence-corrected chi connectivity index (χ2v) is 4.33. The number of hydrogen-bond donors (Lipinski definition) is 3. The van der Waals surface area contributed by atoms with Crippen LogP contribution in [0.5, 0.6) is 0 Å². The molecule has 17 heavy (non-hydrogen) atoms. The third kappa shape index (κ3) is 2.42. The number of rotatable bonds is 2. The van der Waals surface area contributed by atoms with Gasteiger partial charge in [0.1, 0.15) is 6.04 Å². The van der Waals surface area contributed by atoms with Gasteiger partial charge < -0.3 is 10.5 Å². The fourth-order valence-corrected chi connectivity index (χ4v) is 2.22. The van der Waals surface area contributed by atoms with E-state index in [2.05, 4.69) is 10.9 Å². The molecule has 2 rings (SSSR count). The van der Waals surface area contributed by atoms with Crippen molar-refractivity contribution in [3.05, 3.63) is 34.9 Å². The summed E-state index contributed by atoms with van der Waals surface area (Å²) in [6, 6.07) is 6.79. The highest BCUT2D eigenvalue weighted by Crippen LogP contribution is 2.27. The van der Waals surface area contributed by atoms with Crippen molar-refractivity contribution in [3.8, 4) is 0 Å². The van der Waals surface area contributed by atoms with E-state index in [4.69, 9.17) is 22.1 Å². The van der Waals surface area contributed by atoms with Crippen molar-refractivity contribution >= 4 is 17.6 Å². The van der Waals surface area contributed by atoms with Gasteiger partial charge in [0, 0.05) is 10.9 Å². The molecular weight excluding hydrogens is 242 g/mol. The molecule has 1 aromatic carbocycles. The van der Waals surface area contributed by atoms with Crippen molar-refractivity contribution in [1.29, 1.82) is 0 Å². The maximum atomic E-state index is 11.6. The maximum Gasteiger partial charge on any atom is 0.324 e. The van der Waals surface area contributed by atoms with Crippen LogP contribution in [-0.4, -0.2) is 25.3 Å². The molecule has 1 heterocycles. The van der Waals surface area contributed by atoms with Gasteiger partial charge in [0.15, 0.2) is 0 Å². The molecule has 0 aliphatic carbocycles. The molecule has 3 atom stereocenters. The number of carbonyl (C=O) groups excluding carboxylic acids is 1. The topological polar surface area (TPSA) is 76.4 Å². The van der Waals surface area contributed by atoms with Gasteiger partial charge in [-0.05, 0) is 17.7 Å². The summed E-state index contributed by atoms with van der Waals surface area (Å²) in [4.78, 5) is 11.6. The normalized spacial score (nSPS) is 28.1. The Labute approximate surface area is 104 Å². The van der Waals surface area contributed by atoms with Gasteiger partial charge in [0.2, 0.25) is 0 Å². The predicted molar refractivity (Wildman–Crippen MR) is 64.2 cm³/mol. The highest BCUT2D eigenvalue weighted by atomic mass is 35.5. The summed E-state index contributed by atoms with van der Waals surface area (Å²) in [5.41, 5.74) is 12.5. The van der Waals surface area contributed by atoms with Gasteiger partial charge in [-0.25, -0.2) is 10.9 Å². The van der Waals surface area contributed by atoms with Gasteiger partial charge in [0.25, 0.3) is 0 Å². The number of ether oxygens (including phenoxy) is 1. The number of carbonyl (C=O) groups is 1. The fourth-order valence-electron chi connectivity index (χ4n) is 2.02. The molecular formula is C11H14ClN3O2. The van der Waals surface area contributed by atoms with Crippen LogP contribution in [-0.2, 0) is 9.53 Å². The molecule has 1 fully saturated rings. The number of halogens is 1. The fraction of sp³-hybridized carbons (Fsp3) is 0.364. The molecule has 4 N–H and O–H groups in total. The summed E-state index contributed by atoms with van der Waals surface area (Å²) in [6.07, 6.45) is -0.363. The number of methoxy groups -OCH3 is 1. The second kappa shape index (κ2) is 5.01. The summed E-state index contributed by atoms with van der Waals surface area (Å²) in [7, 11) is 1.35. The van der Waals surface area contributed by atoms with Crippen LogP contribution in [0.25, 0.3) is 0 Å². The Hall–Kier alpha value is -1.14. The molecule has 0 aromatic heterocycles. The Morgan fingerprint density at radius 2 is 2.24 bits per heavy atom. The van der Waals surface area contributed by atoms with Crippen LogP contribution in [0.3, 0.4) is 0 Å². The van der Waals surface area contributed by atoms with E-state index in [1.54, 1.807) is 12.1 Å². The zero-order valence-corrected chi connectivity index (χ0v) is 10.1. The molecule has 0 amide bonds. The molecule has 0 saturated carbocycles. The van der Waals surface area contributed by atoms with Crippen molar-refractivity contribution < 1.29 is 9.53 Å². The molecule has 5 nitrogen and oxygen atoms in total. The summed E-state index contributed by atoms with van der Waals surface area (Å²) >= 11 is 5.93. The van der Waals surface area contributed by atoms with Crippen LogP contribution in [0.15, 0.2) is 24.3 Å². The van der Waals surface area contributed by atoms with E-state index in [0.717, 1.165) is 5.56 Å². The largest absolute Gasteiger partial charge is 0.468 e. The van der Waals surface area contributed by atoms with E-state index < -0.39 is 6.04 Å². The van der Waals surface area contributed by atoms with E-state index in [9.17, 15) is 4.79 Å². The van der Waals surface area contributed by atoms with E-state index in [1.165, 1.54) is 7.11 Å². The maximum absolute atomic E-state index is 11.6. The van der Waals surface area contributed by atoms with Gasteiger partial charge in [-0.2, -0.15) is 0 Å². The highest BCUT2D eigenvalue weighted by molar-refractivity contribution is 6.30. The quantitative estimate of drug-likeness (QED) is 0.665. The average molecular weight is 256 g/mol. The SMILES string of the molecule is COC(=O)C1NNC(N)C1c1cccc(Cl)c1. The minimum absolute atomic E-state index is 0.207. The standard InChI is InChI=1S/C11H14ClN3O2/c1-17-11(16)9-8(10(13)15-14-9)6-3-2-4-7(12)5-6/h2-5,8-10,14-15H,13H2,1H3. The highest BCUT2D eigenvalue weighted by Gasteiger charge is 2.40. The first-order valence-electron chi connectivity index (χ1n) is 5.23. The molecule has 3 unspecified atom stereocenters. The molecule has 1 saturated heterocycles. The van der Waals surface area contributed by atoms with E-state index in [-0.39, 0.29) is 18.1 Å². The summed E-state index contributed by atoms with van der Waals surface area (Å²) < 4.78 is 4.73. The van der Waals surface area contributed by atoms with Gasteiger partial charge in [-0.1, -0.05) is 23.7 Å². The average Bonchev–Trinajstić information content (AvgIpc) is 2.70. The van der Waals surface area contributed by atoms with Crippen LogP contribution < -0.4 is 16.6 Å². The smallest absolute Gasteiger partial charge is 0.324 e. The Morgan fingerprint density at radius 1 is 1.47 bits per heavy atom. The lowest BCUT2D eigenvalue weighted by Crippen LogP contribution is -2.39. The molecule has 0 bridgehead atoms. The van der Waals surface area contributed by atoms with Crippen molar-refractivity contribution in [3.63, 3.8) is 0 Å². The third-order valence-corrected chi connectivity index (χ3v) is 3.08. The molecule has 0 spiro atoms. The van der Waals surface area contributed by atoms with Crippen LogP contribution in [0.4, 0.5) is 0 Å².